The Hall–Kier alpha value is -1.53. The van der Waals surface area contributed by atoms with Gasteiger partial charge in [-0.25, -0.2) is 9.97 Å². The summed E-state index contributed by atoms with van der Waals surface area (Å²) in [6.45, 7) is 5.19. The molecule has 3 heterocycles. The van der Waals surface area contributed by atoms with Crippen LogP contribution in [0, 0.1) is 0 Å². The normalized spacial score (nSPS) is 24.3. The summed E-state index contributed by atoms with van der Waals surface area (Å²) in [5.74, 6) is 0.254. The van der Waals surface area contributed by atoms with E-state index in [-0.39, 0.29) is 11.4 Å². The van der Waals surface area contributed by atoms with E-state index in [1.165, 1.54) is 12.8 Å². The summed E-state index contributed by atoms with van der Waals surface area (Å²) in [6, 6.07) is 2.24. The van der Waals surface area contributed by atoms with Gasteiger partial charge >= 0.3 is 0 Å². The van der Waals surface area contributed by atoms with Crippen molar-refractivity contribution in [1.82, 2.24) is 19.8 Å². The van der Waals surface area contributed by atoms with Crippen LogP contribution in [-0.2, 0) is 4.74 Å². The molecule has 0 aliphatic carbocycles. The van der Waals surface area contributed by atoms with Gasteiger partial charge in [0.1, 0.15) is 0 Å². The quantitative estimate of drug-likeness (QED) is 0.843. The van der Waals surface area contributed by atoms with Crippen molar-refractivity contribution >= 4 is 5.91 Å². The van der Waals surface area contributed by atoms with Crippen molar-refractivity contribution in [3.63, 3.8) is 0 Å². The van der Waals surface area contributed by atoms with Gasteiger partial charge in [-0.1, -0.05) is 0 Å². The molecule has 126 valence electrons. The second-order valence-corrected chi connectivity index (χ2v) is 6.55. The van der Waals surface area contributed by atoms with Crippen molar-refractivity contribution in [3.8, 4) is 0 Å². The highest BCUT2D eigenvalue weighted by Crippen LogP contribution is 2.40. The van der Waals surface area contributed by atoms with Gasteiger partial charge in [-0.2, -0.15) is 0 Å². The van der Waals surface area contributed by atoms with E-state index in [2.05, 4.69) is 21.9 Å². The van der Waals surface area contributed by atoms with Gasteiger partial charge in [0.05, 0.1) is 6.61 Å². The van der Waals surface area contributed by atoms with E-state index in [1.807, 2.05) is 11.8 Å². The largest absolute Gasteiger partial charge is 0.380 e. The van der Waals surface area contributed by atoms with Crippen LogP contribution in [0.25, 0.3) is 0 Å². The van der Waals surface area contributed by atoms with Crippen molar-refractivity contribution in [3.05, 3.63) is 24.3 Å². The maximum Gasteiger partial charge on any atom is 0.291 e. The molecule has 2 fully saturated rings. The SMILES string of the molecule is CCOC[C@H]1CCC2(CCN(C(=O)c3ncccn3)CC2)N1C. The number of piperidine rings is 1. The Kier molecular flexibility index (Phi) is 4.92. The molecule has 0 saturated carbocycles. The Morgan fingerprint density at radius 3 is 2.65 bits per heavy atom. The highest BCUT2D eigenvalue weighted by molar-refractivity contribution is 5.90. The molecule has 6 nitrogen and oxygen atoms in total. The second-order valence-electron chi connectivity index (χ2n) is 6.55. The number of carbonyl (C=O) groups excluding carboxylic acids is 1. The number of ether oxygens (including phenoxy) is 1. The third kappa shape index (κ3) is 3.23. The number of likely N-dealkylation sites (tertiary alicyclic amines) is 2. The van der Waals surface area contributed by atoms with E-state index in [1.54, 1.807) is 18.5 Å². The van der Waals surface area contributed by atoms with E-state index in [0.717, 1.165) is 39.1 Å². The maximum absolute atomic E-state index is 12.5. The summed E-state index contributed by atoms with van der Waals surface area (Å²) in [7, 11) is 2.22. The first-order chi connectivity index (χ1) is 11.2. The zero-order chi connectivity index (χ0) is 16.3. The highest BCUT2D eigenvalue weighted by atomic mass is 16.5. The van der Waals surface area contributed by atoms with Crippen LogP contribution in [-0.4, -0.2) is 70.6 Å². The van der Waals surface area contributed by atoms with Gasteiger partial charge < -0.3 is 9.64 Å². The second kappa shape index (κ2) is 6.93. The van der Waals surface area contributed by atoms with Crippen LogP contribution < -0.4 is 0 Å². The highest BCUT2D eigenvalue weighted by Gasteiger charge is 2.46. The predicted octanol–water partition coefficient (Wildman–Crippen LogP) is 1.58. The predicted molar refractivity (Wildman–Crippen MR) is 87.2 cm³/mol. The molecule has 2 aliphatic heterocycles. The van der Waals surface area contributed by atoms with Crippen molar-refractivity contribution in [2.45, 2.75) is 44.2 Å². The maximum atomic E-state index is 12.5. The zero-order valence-corrected chi connectivity index (χ0v) is 14.1. The van der Waals surface area contributed by atoms with Crippen molar-refractivity contribution < 1.29 is 9.53 Å². The lowest BCUT2D eigenvalue weighted by Crippen LogP contribution is -2.54. The molecule has 0 radical (unpaired) electrons. The molecule has 2 aliphatic rings. The molecule has 23 heavy (non-hydrogen) atoms. The summed E-state index contributed by atoms with van der Waals surface area (Å²) in [6.07, 6.45) is 7.66. The third-order valence-corrected chi connectivity index (χ3v) is 5.49. The van der Waals surface area contributed by atoms with E-state index in [9.17, 15) is 4.79 Å². The summed E-state index contributed by atoms with van der Waals surface area (Å²) in [5.41, 5.74) is 0.232. The van der Waals surface area contributed by atoms with Crippen LogP contribution in [0.15, 0.2) is 18.5 Å². The molecule has 0 bridgehead atoms. The Bertz CT molecular complexity index is 529. The zero-order valence-electron chi connectivity index (χ0n) is 14.1. The van der Waals surface area contributed by atoms with E-state index in [4.69, 9.17) is 4.74 Å². The standard InChI is InChI=1S/C17H26N4O2/c1-3-23-13-14-5-6-17(20(14)2)7-11-21(12-8-17)16(22)15-18-9-4-10-19-15/h4,9-10,14H,3,5-8,11-13H2,1-2H3/t14-/m1/s1. The monoisotopic (exact) mass is 318 g/mol. The molecular weight excluding hydrogens is 292 g/mol. The van der Waals surface area contributed by atoms with Crippen LogP contribution >= 0.6 is 0 Å². The summed E-state index contributed by atoms with van der Waals surface area (Å²) in [4.78, 5) is 25.0. The molecule has 2 saturated heterocycles. The molecular formula is C17H26N4O2. The molecule has 0 N–H and O–H groups in total. The molecule has 0 aromatic carbocycles. The first-order valence-corrected chi connectivity index (χ1v) is 8.53. The van der Waals surface area contributed by atoms with Gasteiger partial charge in [0, 0.05) is 43.7 Å². The van der Waals surface area contributed by atoms with Gasteiger partial charge in [-0.3, -0.25) is 9.69 Å². The number of rotatable bonds is 4. The smallest absolute Gasteiger partial charge is 0.291 e. The fraction of sp³-hybridized carbons (Fsp3) is 0.706. The van der Waals surface area contributed by atoms with E-state index < -0.39 is 0 Å². The number of hydrogen-bond donors (Lipinski definition) is 0. The lowest BCUT2D eigenvalue weighted by Gasteiger charge is -2.44. The van der Waals surface area contributed by atoms with Gasteiger partial charge in [0.25, 0.3) is 5.91 Å². The van der Waals surface area contributed by atoms with Gasteiger partial charge in [0.15, 0.2) is 0 Å². The Morgan fingerprint density at radius 1 is 1.30 bits per heavy atom. The van der Waals surface area contributed by atoms with Crippen LogP contribution in [0.1, 0.15) is 43.2 Å². The average Bonchev–Trinajstić information content (AvgIpc) is 2.90. The van der Waals surface area contributed by atoms with Gasteiger partial charge in [-0.15, -0.1) is 0 Å². The lowest BCUT2D eigenvalue weighted by atomic mass is 9.85. The molecule has 3 rings (SSSR count). The third-order valence-electron chi connectivity index (χ3n) is 5.49. The molecule has 6 heteroatoms. The van der Waals surface area contributed by atoms with Crippen LogP contribution in [0.2, 0.25) is 0 Å². The number of likely N-dealkylation sites (N-methyl/N-ethyl adjacent to an activating group) is 1. The van der Waals surface area contributed by atoms with Gasteiger partial charge in [-0.05, 0) is 45.7 Å². The minimum atomic E-state index is -0.0491. The number of nitrogens with zero attached hydrogens (tertiary/aromatic N) is 4. The number of carbonyl (C=O) groups is 1. The molecule has 1 spiro atoms. The first kappa shape index (κ1) is 16.3. The van der Waals surface area contributed by atoms with Crippen LogP contribution in [0.5, 0.6) is 0 Å². The Labute approximate surface area is 137 Å². The van der Waals surface area contributed by atoms with Crippen molar-refractivity contribution in [1.29, 1.82) is 0 Å². The molecule has 0 unspecified atom stereocenters. The Balaban J connectivity index is 1.59. The number of hydrogen-bond acceptors (Lipinski definition) is 5. The van der Waals surface area contributed by atoms with E-state index >= 15 is 0 Å². The van der Waals surface area contributed by atoms with Crippen molar-refractivity contribution in [2.24, 2.45) is 0 Å². The molecule has 1 aromatic rings. The van der Waals surface area contributed by atoms with Crippen LogP contribution in [0.3, 0.4) is 0 Å². The minimum absolute atomic E-state index is 0.0491. The number of aromatic nitrogens is 2. The van der Waals surface area contributed by atoms with Crippen molar-refractivity contribution in [2.75, 3.05) is 33.4 Å². The van der Waals surface area contributed by atoms with E-state index in [0.29, 0.717) is 11.9 Å². The summed E-state index contributed by atoms with van der Waals surface area (Å²) >= 11 is 0. The lowest BCUT2D eigenvalue weighted by molar-refractivity contribution is 0.0207. The first-order valence-electron chi connectivity index (χ1n) is 8.53. The molecule has 1 aromatic heterocycles. The Morgan fingerprint density at radius 2 is 2.00 bits per heavy atom. The number of amides is 1. The van der Waals surface area contributed by atoms with Gasteiger partial charge in [0.2, 0.25) is 5.82 Å². The molecule has 1 atom stereocenters. The minimum Gasteiger partial charge on any atom is -0.380 e. The summed E-state index contributed by atoms with van der Waals surface area (Å²) < 4.78 is 5.62. The average molecular weight is 318 g/mol. The molecule has 1 amide bonds. The fourth-order valence-electron chi connectivity index (χ4n) is 3.92. The fourth-order valence-corrected chi connectivity index (χ4v) is 3.92. The topological polar surface area (TPSA) is 58.6 Å². The van der Waals surface area contributed by atoms with Crippen LogP contribution in [0.4, 0.5) is 0 Å². The summed E-state index contributed by atoms with van der Waals surface area (Å²) in [5, 5.41) is 0.